The van der Waals surface area contributed by atoms with Crippen LogP contribution in [-0.4, -0.2) is 24.7 Å². The Hall–Kier alpha value is -0.830. The average molecular weight is 239 g/mol. The summed E-state index contributed by atoms with van der Waals surface area (Å²) in [7, 11) is 0. The van der Waals surface area contributed by atoms with Gasteiger partial charge in [0, 0.05) is 6.54 Å². The second-order valence-corrected chi connectivity index (χ2v) is 5.59. The first-order valence-corrected chi connectivity index (χ1v) is 6.58. The van der Waals surface area contributed by atoms with Gasteiger partial charge < -0.3 is 10.1 Å². The lowest BCUT2D eigenvalue weighted by Gasteiger charge is -2.19. The molecular formula is C14H25NO2. The van der Waals surface area contributed by atoms with Gasteiger partial charge in [0.05, 0.1) is 6.42 Å². The van der Waals surface area contributed by atoms with Crippen LogP contribution >= 0.6 is 0 Å². The fourth-order valence-electron chi connectivity index (χ4n) is 1.92. The molecule has 0 amide bonds. The Kier molecular flexibility index (Phi) is 5.69. The van der Waals surface area contributed by atoms with Gasteiger partial charge in [0.15, 0.2) is 0 Å². The molecule has 3 nitrogen and oxygen atoms in total. The zero-order valence-corrected chi connectivity index (χ0v) is 11.3. The lowest BCUT2D eigenvalue weighted by atomic mass is 10.2. The predicted octanol–water partition coefficient (Wildman–Crippen LogP) is 2.81. The zero-order chi connectivity index (χ0) is 12.7. The van der Waals surface area contributed by atoms with Crippen molar-refractivity contribution in [1.29, 1.82) is 0 Å². The van der Waals surface area contributed by atoms with Crippen LogP contribution in [0.1, 0.15) is 52.9 Å². The molecule has 0 aromatic heterocycles. The highest BCUT2D eigenvalue weighted by atomic mass is 16.6. The summed E-state index contributed by atoms with van der Waals surface area (Å²) in [5.74, 6) is -0.120. The van der Waals surface area contributed by atoms with Gasteiger partial charge in [0.1, 0.15) is 5.60 Å². The molecule has 1 aliphatic carbocycles. The van der Waals surface area contributed by atoms with Crippen molar-refractivity contribution in [2.24, 2.45) is 0 Å². The summed E-state index contributed by atoms with van der Waals surface area (Å²) in [6, 6.07) is 0. The van der Waals surface area contributed by atoms with Crippen LogP contribution in [0, 0.1) is 0 Å². The van der Waals surface area contributed by atoms with E-state index in [2.05, 4.69) is 11.4 Å². The molecule has 0 bridgehead atoms. The summed E-state index contributed by atoms with van der Waals surface area (Å²) in [6.45, 7) is 7.36. The van der Waals surface area contributed by atoms with Crippen LogP contribution in [0.4, 0.5) is 0 Å². The number of hydrogen-bond donors (Lipinski definition) is 1. The van der Waals surface area contributed by atoms with Crippen molar-refractivity contribution in [2.45, 2.75) is 58.5 Å². The van der Waals surface area contributed by atoms with Gasteiger partial charge in [-0.2, -0.15) is 0 Å². The van der Waals surface area contributed by atoms with Gasteiger partial charge in [-0.05, 0) is 53.0 Å². The van der Waals surface area contributed by atoms with E-state index in [-0.39, 0.29) is 11.6 Å². The number of allylic oxidation sites excluding steroid dienone is 1. The Bertz CT molecular complexity index is 276. The molecule has 0 radical (unpaired) electrons. The molecule has 0 aliphatic heterocycles. The molecule has 0 fully saturated rings. The van der Waals surface area contributed by atoms with Crippen LogP contribution in [-0.2, 0) is 9.53 Å². The van der Waals surface area contributed by atoms with Gasteiger partial charge in [0.25, 0.3) is 0 Å². The number of nitrogens with one attached hydrogen (secondary N) is 1. The van der Waals surface area contributed by atoms with Gasteiger partial charge in [-0.3, -0.25) is 4.79 Å². The molecule has 0 aromatic rings. The molecule has 0 unspecified atom stereocenters. The molecule has 3 heteroatoms. The van der Waals surface area contributed by atoms with Gasteiger partial charge in [-0.1, -0.05) is 11.6 Å². The minimum atomic E-state index is -0.369. The van der Waals surface area contributed by atoms with E-state index in [1.807, 2.05) is 20.8 Å². The van der Waals surface area contributed by atoms with Gasteiger partial charge in [0.2, 0.25) is 0 Å². The Morgan fingerprint density at radius 1 is 1.41 bits per heavy atom. The summed E-state index contributed by atoms with van der Waals surface area (Å²) in [4.78, 5) is 11.4. The van der Waals surface area contributed by atoms with E-state index < -0.39 is 0 Å². The summed E-state index contributed by atoms with van der Waals surface area (Å²) < 4.78 is 5.23. The molecule has 0 heterocycles. The molecule has 17 heavy (non-hydrogen) atoms. The van der Waals surface area contributed by atoms with Crippen molar-refractivity contribution in [1.82, 2.24) is 5.32 Å². The Balaban J connectivity index is 1.98. The fourth-order valence-corrected chi connectivity index (χ4v) is 1.92. The van der Waals surface area contributed by atoms with Crippen molar-refractivity contribution < 1.29 is 9.53 Å². The summed E-state index contributed by atoms with van der Waals surface area (Å²) in [5.41, 5.74) is 1.20. The third-order valence-electron chi connectivity index (χ3n) is 2.68. The van der Waals surface area contributed by atoms with E-state index in [9.17, 15) is 4.79 Å². The first-order valence-electron chi connectivity index (χ1n) is 6.58. The standard InChI is InChI=1S/C14H25NO2/c1-14(2,3)17-13(16)9-11-15-10-8-12-6-4-5-7-12/h6,15H,4-5,7-11H2,1-3H3. The summed E-state index contributed by atoms with van der Waals surface area (Å²) in [6.07, 6.45) is 7.73. The molecule has 0 aromatic carbocycles. The monoisotopic (exact) mass is 239 g/mol. The lowest BCUT2D eigenvalue weighted by Crippen LogP contribution is -2.27. The highest BCUT2D eigenvalue weighted by Crippen LogP contribution is 2.19. The van der Waals surface area contributed by atoms with Crippen molar-refractivity contribution in [2.75, 3.05) is 13.1 Å². The number of rotatable bonds is 6. The Labute approximate surface area is 105 Å². The third-order valence-corrected chi connectivity index (χ3v) is 2.68. The van der Waals surface area contributed by atoms with Crippen molar-refractivity contribution in [3.8, 4) is 0 Å². The van der Waals surface area contributed by atoms with Crippen LogP contribution in [0.3, 0.4) is 0 Å². The van der Waals surface area contributed by atoms with E-state index in [4.69, 9.17) is 4.74 Å². The number of ether oxygens (including phenoxy) is 1. The predicted molar refractivity (Wildman–Crippen MR) is 69.9 cm³/mol. The topological polar surface area (TPSA) is 38.3 Å². The van der Waals surface area contributed by atoms with Crippen molar-refractivity contribution >= 4 is 5.97 Å². The minimum absolute atomic E-state index is 0.120. The smallest absolute Gasteiger partial charge is 0.307 e. The third kappa shape index (κ3) is 7.16. The van der Waals surface area contributed by atoms with E-state index >= 15 is 0 Å². The normalized spacial score (nSPS) is 15.8. The molecule has 1 rings (SSSR count). The van der Waals surface area contributed by atoms with Gasteiger partial charge in [-0.25, -0.2) is 0 Å². The number of esters is 1. The number of hydrogen-bond acceptors (Lipinski definition) is 3. The van der Waals surface area contributed by atoms with Crippen molar-refractivity contribution in [3.05, 3.63) is 11.6 Å². The second kappa shape index (κ2) is 6.80. The molecule has 0 spiro atoms. The first-order chi connectivity index (χ1) is 7.97. The van der Waals surface area contributed by atoms with E-state index in [0.29, 0.717) is 13.0 Å². The van der Waals surface area contributed by atoms with Gasteiger partial charge >= 0.3 is 5.97 Å². The van der Waals surface area contributed by atoms with E-state index in [0.717, 1.165) is 13.0 Å². The maximum atomic E-state index is 11.4. The molecular weight excluding hydrogens is 214 g/mol. The zero-order valence-electron chi connectivity index (χ0n) is 11.3. The quantitative estimate of drug-likeness (QED) is 0.440. The van der Waals surface area contributed by atoms with Gasteiger partial charge in [-0.15, -0.1) is 0 Å². The Morgan fingerprint density at radius 2 is 2.18 bits per heavy atom. The Morgan fingerprint density at radius 3 is 2.76 bits per heavy atom. The maximum absolute atomic E-state index is 11.4. The van der Waals surface area contributed by atoms with Crippen LogP contribution < -0.4 is 5.32 Å². The molecule has 0 atom stereocenters. The average Bonchev–Trinajstić information content (AvgIpc) is 2.67. The highest BCUT2D eigenvalue weighted by Gasteiger charge is 2.15. The van der Waals surface area contributed by atoms with Crippen LogP contribution in [0.5, 0.6) is 0 Å². The minimum Gasteiger partial charge on any atom is -0.460 e. The number of carbonyl (C=O) groups excluding carboxylic acids is 1. The molecule has 98 valence electrons. The van der Waals surface area contributed by atoms with Crippen LogP contribution in [0.15, 0.2) is 11.6 Å². The molecule has 1 aliphatic rings. The SMILES string of the molecule is CC(C)(C)OC(=O)CCNCCC1=CCCC1. The fraction of sp³-hybridized carbons (Fsp3) is 0.786. The number of carbonyl (C=O) groups is 1. The maximum Gasteiger partial charge on any atom is 0.307 e. The van der Waals surface area contributed by atoms with Crippen molar-refractivity contribution in [3.63, 3.8) is 0 Å². The summed E-state index contributed by atoms with van der Waals surface area (Å²) in [5, 5.41) is 3.29. The largest absolute Gasteiger partial charge is 0.460 e. The van der Waals surface area contributed by atoms with Crippen LogP contribution in [0.2, 0.25) is 0 Å². The summed E-state index contributed by atoms with van der Waals surface area (Å²) >= 11 is 0. The van der Waals surface area contributed by atoms with E-state index in [1.54, 1.807) is 5.57 Å². The lowest BCUT2D eigenvalue weighted by molar-refractivity contribution is -0.154. The highest BCUT2D eigenvalue weighted by molar-refractivity contribution is 5.70. The van der Waals surface area contributed by atoms with Crippen LogP contribution in [0.25, 0.3) is 0 Å². The molecule has 1 N–H and O–H groups in total. The molecule has 0 saturated carbocycles. The first kappa shape index (κ1) is 14.2. The van der Waals surface area contributed by atoms with E-state index in [1.165, 1.54) is 19.3 Å². The molecule has 0 saturated heterocycles. The second-order valence-electron chi connectivity index (χ2n) is 5.59.